The highest BCUT2D eigenvalue weighted by molar-refractivity contribution is 6.09. The van der Waals surface area contributed by atoms with Gasteiger partial charge in [-0.2, -0.15) is 5.10 Å². The van der Waals surface area contributed by atoms with E-state index in [-0.39, 0.29) is 0 Å². The summed E-state index contributed by atoms with van der Waals surface area (Å²) in [7, 11) is 2.01. The number of rotatable bonds is 7. The molecular weight excluding hydrogens is 615 g/mol. The second-order valence-corrected chi connectivity index (χ2v) is 12.7. The number of para-hydroxylation sites is 1. The maximum Gasteiger partial charge on any atom is 0.129 e. The molecule has 7 aromatic carbocycles. The Bertz CT molecular complexity index is 2300. The van der Waals surface area contributed by atoms with Crippen molar-refractivity contribution >= 4 is 45.5 Å². The number of fused-ring (bicyclic) bond motifs is 3. The minimum absolute atomic E-state index is 0.631. The molecule has 6 heteroatoms. The molecule has 242 valence electrons. The molecule has 0 fully saturated rings. The van der Waals surface area contributed by atoms with Crippen molar-refractivity contribution in [2.24, 2.45) is 5.10 Å². The first-order chi connectivity index (χ1) is 24.7. The molecule has 0 saturated carbocycles. The van der Waals surface area contributed by atoms with Gasteiger partial charge in [0.2, 0.25) is 0 Å². The minimum atomic E-state index is 0.631. The lowest BCUT2D eigenvalue weighted by molar-refractivity contribution is 0.482. The molecule has 50 heavy (non-hydrogen) atoms. The van der Waals surface area contributed by atoms with Crippen LogP contribution in [0.15, 0.2) is 169 Å². The molecule has 6 nitrogen and oxygen atoms in total. The number of ether oxygens (including phenoxy) is 1. The fourth-order valence-corrected chi connectivity index (χ4v) is 7.11. The van der Waals surface area contributed by atoms with Crippen LogP contribution >= 0.6 is 0 Å². The first-order valence-corrected chi connectivity index (χ1v) is 16.9. The van der Waals surface area contributed by atoms with E-state index in [1.165, 1.54) is 44.4 Å². The number of nitrogens with zero attached hydrogens (tertiary/aromatic N) is 5. The van der Waals surface area contributed by atoms with E-state index in [1.54, 1.807) is 0 Å². The SMILES string of the molecule is CN1C=NN(c2cccc(Oc3cccc(N4CN(c5c(-c6ccccc6)cccc5-c5ccccc5)c5c4ccc4ccccc54)c3)c2)C1. The van der Waals surface area contributed by atoms with E-state index in [9.17, 15) is 0 Å². The molecule has 0 saturated heterocycles. The fourth-order valence-electron chi connectivity index (χ4n) is 7.11. The summed E-state index contributed by atoms with van der Waals surface area (Å²) in [5.74, 6) is 1.54. The number of hydrazone groups is 1. The number of benzene rings is 7. The van der Waals surface area contributed by atoms with E-state index in [4.69, 9.17) is 4.74 Å². The third kappa shape index (κ3) is 5.37. The molecule has 0 aromatic heterocycles. The van der Waals surface area contributed by atoms with Crippen molar-refractivity contribution in [3.63, 3.8) is 0 Å². The molecule has 2 heterocycles. The van der Waals surface area contributed by atoms with Crippen molar-refractivity contribution in [1.29, 1.82) is 0 Å². The molecule has 9 rings (SSSR count). The lowest BCUT2D eigenvalue weighted by Gasteiger charge is -2.27. The van der Waals surface area contributed by atoms with Gasteiger partial charge in [-0.3, -0.25) is 0 Å². The van der Waals surface area contributed by atoms with E-state index in [2.05, 4.69) is 154 Å². The Kier molecular flexibility index (Phi) is 7.39. The van der Waals surface area contributed by atoms with Crippen LogP contribution in [0.5, 0.6) is 11.5 Å². The van der Waals surface area contributed by atoms with Crippen LogP contribution in [-0.2, 0) is 0 Å². The number of hydrogen-bond donors (Lipinski definition) is 0. The molecule has 0 radical (unpaired) electrons. The molecule has 0 atom stereocenters. The number of anilines is 5. The Hall–Kier alpha value is -6.53. The monoisotopic (exact) mass is 649 g/mol. The standard InChI is InChI=1S/C44H35N5O/c1-46-29-45-49(30-46)36-19-11-21-38(28-36)50-37-20-10-18-35(27-37)47-31-48(44-41-22-9-8-17-34(41)25-26-42(44)47)43-39(32-13-4-2-5-14-32)23-12-24-40(43)33-15-6-3-7-16-33/h2-29H,30-31H2,1H3. The molecule has 0 spiro atoms. The zero-order valence-corrected chi connectivity index (χ0v) is 27.7. The van der Waals surface area contributed by atoms with Crippen molar-refractivity contribution in [1.82, 2.24) is 4.90 Å². The Morgan fingerprint density at radius 1 is 0.520 bits per heavy atom. The summed E-state index contributed by atoms with van der Waals surface area (Å²) < 4.78 is 6.50. The molecule has 2 aliphatic rings. The largest absolute Gasteiger partial charge is 0.457 e. The Labute approximate surface area is 292 Å². The molecular formula is C44H35N5O. The van der Waals surface area contributed by atoms with E-state index < -0.39 is 0 Å². The summed E-state index contributed by atoms with van der Waals surface area (Å²) in [6.45, 7) is 1.34. The van der Waals surface area contributed by atoms with Crippen LogP contribution in [0.2, 0.25) is 0 Å². The summed E-state index contributed by atoms with van der Waals surface area (Å²) in [4.78, 5) is 6.95. The van der Waals surface area contributed by atoms with Crippen molar-refractivity contribution in [2.45, 2.75) is 0 Å². The molecule has 0 unspecified atom stereocenters. The van der Waals surface area contributed by atoms with Gasteiger partial charge in [0.05, 0.1) is 22.7 Å². The maximum absolute atomic E-state index is 6.50. The van der Waals surface area contributed by atoms with Gasteiger partial charge in [-0.25, -0.2) is 5.01 Å². The highest BCUT2D eigenvalue weighted by Gasteiger charge is 2.33. The second kappa shape index (κ2) is 12.5. The van der Waals surface area contributed by atoms with Gasteiger partial charge in [-0.1, -0.05) is 121 Å². The van der Waals surface area contributed by atoms with Gasteiger partial charge < -0.3 is 19.4 Å². The summed E-state index contributed by atoms with van der Waals surface area (Å²) in [5.41, 5.74) is 10.3. The quantitative estimate of drug-likeness (QED) is 0.172. The van der Waals surface area contributed by atoms with Crippen molar-refractivity contribution in [3.05, 3.63) is 164 Å². The van der Waals surface area contributed by atoms with Gasteiger partial charge in [0, 0.05) is 41.4 Å². The minimum Gasteiger partial charge on any atom is -0.457 e. The molecule has 2 aliphatic heterocycles. The van der Waals surface area contributed by atoms with Crippen LogP contribution in [0.4, 0.5) is 28.4 Å². The van der Waals surface area contributed by atoms with Gasteiger partial charge in [0.15, 0.2) is 0 Å². The van der Waals surface area contributed by atoms with Gasteiger partial charge in [0.25, 0.3) is 0 Å². The predicted molar refractivity (Wildman–Crippen MR) is 207 cm³/mol. The molecule has 0 amide bonds. The van der Waals surface area contributed by atoms with Crippen LogP contribution in [0.1, 0.15) is 0 Å². The van der Waals surface area contributed by atoms with Gasteiger partial charge in [-0.05, 0) is 46.8 Å². The maximum atomic E-state index is 6.50. The topological polar surface area (TPSA) is 34.6 Å². The zero-order chi connectivity index (χ0) is 33.4. The first-order valence-electron chi connectivity index (χ1n) is 16.9. The van der Waals surface area contributed by atoms with Crippen LogP contribution in [0, 0.1) is 0 Å². The second-order valence-electron chi connectivity index (χ2n) is 12.7. The molecule has 0 N–H and O–H groups in total. The lowest BCUT2D eigenvalue weighted by atomic mass is 9.94. The van der Waals surface area contributed by atoms with Gasteiger partial charge in [-0.15, -0.1) is 0 Å². The first kappa shape index (κ1) is 29.6. The fraction of sp³-hybridized carbons (Fsp3) is 0.0682. The predicted octanol–water partition coefficient (Wildman–Crippen LogP) is 10.9. The Morgan fingerprint density at radius 2 is 1.14 bits per heavy atom. The van der Waals surface area contributed by atoms with E-state index >= 15 is 0 Å². The van der Waals surface area contributed by atoms with Crippen molar-refractivity contribution < 1.29 is 4.74 Å². The summed E-state index contributed by atoms with van der Waals surface area (Å²) in [5, 5.41) is 8.88. The van der Waals surface area contributed by atoms with E-state index in [1.807, 2.05) is 47.6 Å². The molecule has 0 aliphatic carbocycles. The average molecular weight is 650 g/mol. The normalized spacial score (nSPS) is 13.7. The Balaban J connectivity index is 1.16. The van der Waals surface area contributed by atoms with Crippen LogP contribution in [0.25, 0.3) is 33.0 Å². The van der Waals surface area contributed by atoms with Crippen molar-refractivity contribution in [2.75, 3.05) is 35.2 Å². The summed E-state index contributed by atoms with van der Waals surface area (Å²) >= 11 is 0. The zero-order valence-electron chi connectivity index (χ0n) is 27.7. The third-order valence-corrected chi connectivity index (χ3v) is 9.42. The lowest BCUT2D eigenvalue weighted by Crippen LogP contribution is -2.25. The van der Waals surface area contributed by atoms with Crippen molar-refractivity contribution in [3.8, 4) is 33.8 Å². The van der Waals surface area contributed by atoms with Crippen LogP contribution < -0.4 is 19.5 Å². The highest BCUT2D eigenvalue weighted by Crippen LogP contribution is 2.52. The molecule has 0 bridgehead atoms. The Morgan fingerprint density at radius 3 is 1.82 bits per heavy atom. The number of hydrogen-bond acceptors (Lipinski definition) is 6. The van der Waals surface area contributed by atoms with E-state index in [0.717, 1.165) is 28.6 Å². The smallest absolute Gasteiger partial charge is 0.129 e. The van der Waals surface area contributed by atoms with Crippen LogP contribution in [-0.4, -0.2) is 31.6 Å². The highest BCUT2D eigenvalue weighted by atomic mass is 16.5. The van der Waals surface area contributed by atoms with Gasteiger partial charge >= 0.3 is 0 Å². The third-order valence-electron chi connectivity index (χ3n) is 9.42. The van der Waals surface area contributed by atoms with E-state index in [0.29, 0.717) is 13.3 Å². The average Bonchev–Trinajstić information content (AvgIpc) is 3.80. The summed E-state index contributed by atoms with van der Waals surface area (Å²) in [6.07, 6.45) is 1.83. The van der Waals surface area contributed by atoms with Crippen LogP contribution in [0.3, 0.4) is 0 Å². The van der Waals surface area contributed by atoms with Gasteiger partial charge in [0.1, 0.15) is 31.2 Å². The molecule has 7 aromatic rings. The summed E-state index contributed by atoms with van der Waals surface area (Å²) in [6, 6.07) is 57.8.